The van der Waals surface area contributed by atoms with Gasteiger partial charge in [0, 0.05) is 25.5 Å². The van der Waals surface area contributed by atoms with Gasteiger partial charge in [-0.05, 0) is 36.2 Å². The number of nitrogens with one attached hydrogen (secondary N) is 2. The minimum atomic E-state index is -0.703. The fourth-order valence-electron chi connectivity index (χ4n) is 3.07. The van der Waals surface area contributed by atoms with Crippen molar-refractivity contribution in [1.29, 1.82) is 10.7 Å². The second-order valence-corrected chi connectivity index (χ2v) is 6.58. The number of hydrogen-bond donors (Lipinski definition) is 3. The molecule has 3 N–H and O–H groups in total. The van der Waals surface area contributed by atoms with Gasteiger partial charge in [0.25, 0.3) is 5.91 Å². The lowest BCUT2D eigenvalue weighted by atomic mass is 9.98. The van der Waals surface area contributed by atoms with Crippen LogP contribution in [0.4, 0.5) is 10.2 Å². The van der Waals surface area contributed by atoms with Gasteiger partial charge >= 0.3 is 0 Å². The van der Waals surface area contributed by atoms with Crippen molar-refractivity contribution in [3.8, 4) is 6.07 Å². The molecule has 1 aliphatic heterocycles. The fraction of sp³-hybridized carbons (Fsp3) is 0.238. The van der Waals surface area contributed by atoms with Crippen molar-refractivity contribution in [3.63, 3.8) is 0 Å². The second kappa shape index (κ2) is 9.15. The Bertz CT molecular complexity index is 1040. The summed E-state index contributed by atoms with van der Waals surface area (Å²) in [5, 5.41) is 29.6. The van der Waals surface area contributed by atoms with Crippen LogP contribution in [0.5, 0.6) is 0 Å². The molecule has 8 nitrogen and oxygen atoms in total. The van der Waals surface area contributed by atoms with Crippen molar-refractivity contribution in [2.24, 2.45) is 0 Å². The topological polar surface area (TPSA) is 122 Å². The highest BCUT2D eigenvalue weighted by Crippen LogP contribution is 2.24. The standard InChI is InChI=1S/C21H20FN5O3/c1-13-16(4-2-14(10-23)19(13)22)17(11-24)20(28)26-18-5-3-15(12-25-18)21(29)27-6-8-30-9-7-27/h2-5,11-12,24,28H,6-9H2,1H3,(H,25,26)/b20-17-,24-11?. The number of hydrogen-bond acceptors (Lipinski definition) is 7. The Morgan fingerprint density at radius 1 is 1.37 bits per heavy atom. The molecule has 0 aliphatic carbocycles. The lowest BCUT2D eigenvalue weighted by molar-refractivity contribution is 0.0302. The quantitative estimate of drug-likeness (QED) is 0.516. The first kappa shape index (κ1) is 21.0. The number of ether oxygens (including phenoxy) is 1. The van der Waals surface area contributed by atoms with Gasteiger partial charge in [-0.2, -0.15) is 5.26 Å². The minimum absolute atomic E-state index is 0.0335. The highest BCUT2D eigenvalue weighted by atomic mass is 19.1. The Morgan fingerprint density at radius 2 is 2.10 bits per heavy atom. The zero-order valence-electron chi connectivity index (χ0n) is 16.3. The van der Waals surface area contributed by atoms with E-state index in [1.807, 2.05) is 0 Å². The first-order valence-corrected chi connectivity index (χ1v) is 9.19. The van der Waals surface area contributed by atoms with Crippen LogP contribution in [0.1, 0.15) is 27.0 Å². The first-order valence-electron chi connectivity index (χ1n) is 9.19. The third kappa shape index (κ3) is 4.29. The average Bonchev–Trinajstić information content (AvgIpc) is 2.78. The van der Waals surface area contributed by atoms with Crippen LogP contribution in [-0.4, -0.2) is 53.4 Å². The molecular formula is C21H20FN5O3. The molecule has 1 aromatic carbocycles. The van der Waals surface area contributed by atoms with Crippen LogP contribution >= 0.6 is 0 Å². The number of carbonyl (C=O) groups excluding carboxylic acids is 1. The lowest BCUT2D eigenvalue weighted by Gasteiger charge is -2.26. The number of aliphatic hydroxyl groups excluding tert-OH is 1. The van der Waals surface area contributed by atoms with E-state index in [-0.39, 0.29) is 34.0 Å². The van der Waals surface area contributed by atoms with Gasteiger partial charge in [0.05, 0.1) is 29.9 Å². The van der Waals surface area contributed by atoms with Crippen LogP contribution in [0.3, 0.4) is 0 Å². The predicted octanol–water partition coefficient (Wildman–Crippen LogP) is 2.86. The number of allylic oxidation sites excluding steroid dienone is 1. The molecule has 1 saturated heterocycles. The number of aliphatic hydroxyl groups is 1. The highest BCUT2D eigenvalue weighted by molar-refractivity contribution is 6.10. The van der Waals surface area contributed by atoms with E-state index in [4.69, 9.17) is 15.4 Å². The van der Waals surface area contributed by atoms with E-state index in [1.54, 1.807) is 17.0 Å². The lowest BCUT2D eigenvalue weighted by Crippen LogP contribution is -2.40. The summed E-state index contributed by atoms with van der Waals surface area (Å²) >= 11 is 0. The minimum Gasteiger partial charge on any atom is -0.494 e. The molecule has 1 aliphatic rings. The average molecular weight is 409 g/mol. The Hall–Kier alpha value is -3.77. The van der Waals surface area contributed by atoms with Gasteiger partial charge in [0.1, 0.15) is 17.7 Å². The van der Waals surface area contributed by atoms with E-state index < -0.39 is 11.7 Å². The smallest absolute Gasteiger partial charge is 0.255 e. The maximum atomic E-state index is 14.2. The summed E-state index contributed by atoms with van der Waals surface area (Å²) < 4.78 is 19.5. The van der Waals surface area contributed by atoms with E-state index in [0.29, 0.717) is 31.9 Å². The highest BCUT2D eigenvalue weighted by Gasteiger charge is 2.19. The molecule has 2 heterocycles. The number of aromatic nitrogens is 1. The van der Waals surface area contributed by atoms with Crippen molar-refractivity contribution in [3.05, 3.63) is 64.4 Å². The number of amides is 1. The molecule has 30 heavy (non-hydrogen) atoms. The van der Waals surface area contributed by atoms with Gasteiger partial charge in [-0.1, -0.05) is 6.07 Å². The third-order valence-corrected chi connectivity index (χ3v) is 4.75. The number of rotatable bonds is 5. The molecule has 154 valence electrons. The Morgan fingerprint density at radius 3 is 2.70 bits per heavy atom. The van der Waals surface area contributed by atoms with Crippen molar-refractivity contribution >= 4 is 23.5 Å². The van der Waals surface area contributed by atoms with Gasteiger partial charge < -0.3 is 25.5 Å². The summed E-state index contributed by atoms with van der Waals surface area (Å²) in [4.78, 5) is 18.3. The summed E-state index contributed by atoms with van der Waals surface area (Å²) in [6, 6.07) is 7.61. The molecule has 1 fully saturated rings. The maximum Gasteiger partial charge on any atom is 0.255 e. The number of nitrogens with zero attached hydrogens (tertiary/aromatic N) is 3. The summed E-state index contributed by atoms with van der Waals surface area (Å²) in [7, 11) is 0. The maximum absolute atomic E-state index is 14.2. The van der Waals surface area contributed by atoms with Crippen LogP contribution in [0.25, 0.3) is 5.57 Å². The molecule has 0 radical (unpaired) electrons. The number of benzene rings is 1. The van der Waals surface area contributed by atoms with Crippen molar-refractivity contribution < 1.29 is 19.0 Å². The van der Waals surface area contributed by atoms with E-state index in [2.05, 4.69) is 10.3 Å². The second-order valence-electron chi connectivity index (χ2n) is 6.58. The monoisotopic (exact) mass is 409 g/mol. The Labute approximate surface area is 172 Å². The molecule has 0 spiro atoms. The summed E-state index contributed by atoms with van der Waals surface area (Å²) in [5.74, 6) is -1.01. The van der Waals surface area contributed by atoms with Gasteiger partial charge in [-0.15, -0.1) is 0 Å². The van der Waals surface area contributed by atoms with Crippen molar-refractivity contribution in [2.45, 2.75) is 6.92 Å². The normalized spacial score (nSPS) is 14.5. The molecule has 1 aromatic heterocycles. The summed E-state index contributed by atoms with van der Waals surface area (Å²) in [6.07, 6.45) is 2.27. The van der Waals surface area contributed by atoms with Crippen molar-refractivity contribution in [2.75, 3.05) is 31.6 Å². The molecule has 1 amide bonds. The predicted molar refractivity (Wildman–Crippen MR) is 109 cm³/mol. The SMILES string of the molecule is Cc1c(/C(C=N)=C(\O)Nc2ccc(C(=O)N3CCOCC3)cn2)ccc(C#N)c1F. The van der Waals surface area contributed by atoms with E-state index in [9.17, 15) is 14.3 Å². The third-order valence-electron chi connectivity index (χ3n) is 4.75. The van der Waals surface area contributed by atoms with E-state index >= 15 is 0 Å². The fourth-order valence-corrected chi connectivity index (χ4v) is 3.07. The Kier molecular flexibility index (Phi) is 6.39. The molecule has 0 unspecified atom stereocenters. The van der Waals surface area contributed by atoms with Crippen LogP contribution in [0.2, 0.25) is 0 Å². The molecule has 0 bridgehead atoms. The molecule has 3 rings (SSSR count). The van der Waals surface area contributed by atoms with Gasteiger partial charge in [0.2, 0.25) is 0 Å². The largest absolute Gasteiger partial charge is 0.494 e. The van der Waals surface area contributed by atoms with Crippen molar-refractivity contribution in [1.82, 2.24) is 9.88 Å². The number of morpholine rings is 1. The summed E-state index contributed by atoms with van der Waals surface area (Å²) in [6.45, 7) is 3.50. The van der Waals surface area contributed by atoms with Gasteiger partial charge in [-0.3, -0.25) is 4.79 Å². The van der Waals surface area contributed by atoms with Crippen LogP contribution in [0.15, 0.2) is 36.3 Å². The number of carbonyl (C=O) groups is 1. The first-order chi connectivity index (χ1) is 14.5. The van der Waals surface area contributed by atoms with Gasteiger partial charge in [-0.25, -0.2) is 9.37 Å². The van der Waals surface area contributed by atoms with E-state index in [1.165, 1.54) is 31.3 Å². The number of pyridine rings is 1. The molecule has 0 saturated carbocycles. The van der Waals surface area contributed by atoms with Crippen LogP contribution < -0.4 is 5.32 Å². The zero-order valence-corrected chi connectivity index (χ0v) is 16.3. The zero-order chi connectivity index (χ0) is 21.7. The molecular weight excluding hydrogens is 389 g/mol. The molecule has 0 atom stereocenters. The van der Waals surface area contributed by atoms with Gasteiger partial charge in [0.15, 0.2) is 5.88 Å². The Balaban J connectivity index is 1.81. The number of nitriles is 1. The van der Waals surface area contributed by atoms with Crippen LogP contribution in [0, 0.1) is 29.5 Å². The molecule has 9 heteroatoms. The van der Waals surface area contributed by atoms with E-state index in [0.717, 1.165) is 6.21 Å². The van der Waals surface area contributed by atoms with Crippen LogP contribution in [-0.2, 0) is 4.74 Å². The number of anilines is 1. The number of halogens is 1. The summed E-state index contributed by atoms with van der Waals surface area (Å²) in [5.41, 5.74) is 0.732. The molecule has 2 aromatic rings.